The van der Waals surface area contributed by atoms with Gasteiger partial charge in [-0.3, -0.25) is 0 Å². The lowest BCUT2D eigenvalue weighted by Crippen LogP contribution is -2.47. The fourth-order valence-electron chi connectivity index (χ4n) is 3.67. The molecule has 0 saturated carbocycles. The molecule has 2 nitrogen and oxygen atoms in total. The zero-order valence-electron chi connectivity index (χ0n) is 11.5. The van der Waals surface area contributed by atoms with Gasteiger partial charge in [0, 0.05) is 23.8 Å². The third-order valence-electron chi connectivity index (χ3n) is 4.63. The van der Waals surface area contributed by atoms with Crippen LogP contribution in [0.4, 0.5) is 5.69 Å². The summed E-state index contributed by atoms with van der Waals surface area (Å²) in [6.07, 6.45) is 4.99. The Morgan fingerprint density at radius 3 is 2.11 bits per heavy atom. The lowest BCUT2D eigenvalue weighted by molar-refractivity contribution is 0.414. The van der Waals surface area contributed by atoms with Crippen LogP contribution < -0.4 is 10.6 Å². The second kappa shape index (κ2) is 4.58. The van der Waals surface area contributed by atoms with E-state index in [1.54, 1.807) is 0 Å². The van der Waals surface area contributed by atoms with Gasteiger partial charge in [0.15, 0.2) is 0 Å². The van der Waals surface area contributed by atoms with Gasteiger partial charge in [-0.2, -0.15) is 0 Å². The molecule has 0 amide bonds. The molecule has 2 bridgehead atoms. The predicted molar refractivity (Wildman–Crippen MR) is 77.0 cm³/mol. The molecule has 1 aromatic carbocycles. The first-order valence-corrected chi connectivity index (χ1v) is 7.29. The summed E-state index contributed by atoms with van der Waals surface area (Å²) >= 11 is 0. The van der Waals surface area contributed by atoms with Crippen molar-refractivity contribution < 1.29 is 0 Å². The first-order valence-electron chi connectivity index (χ1n) is 7.29. The fourth-order valence-corrected chi connectivity index (χ4v) is 3.67. The van der Waals surface area contributed by atoms with Crippen LogP contribution in [0.25, 0.3) is 0 Å². The molecule has 2 heteroatoms. The van der Waals surface area contributed by atoms with E-state index in [4.69, 9.17) is 5.73 Å². The van der Waals surface area contributed by atoms with Gasteiger partial charge in [-0.05, 0) is 49.3 Å². The number of hydrogen-bond acceptors (Lipinski definition) is 2. The summed E-state index contributed by atoms with van der Waals surface area (Å²) in [5.41, 5.74) is 8.97. The number of nitrogens with two attached hydrogens (primary N) is 1. The molecular formula is C16H24N2. The maximum atomic E-state index is 6.13. The molecule has 3 rings (SSSR count). The topological polar surface area (TPSA) is 29.3 Å². The molecule has 1 aromatic rings. The number of anilines is 1. The highest BCUT2D eigenvalue weighted by molar-refractivity contribution is 5.51. The Balaban J connectivity index is 1.83. The van der Waals surface area contributed by atoms with Gasteiger partial charge < -0.3 is 10.6 Å². The summed E-state index contributed by atoms with van der Waals surface area (Å²) in [4.78, 5) is 2.63. The third-order valence-corrected chi connectivity index (χ3v) is 4.63. The largest absolute Gasteiger partial charge is 0.365 e. The number of hydrogen-bond donors (Lipinski definition) is 1. The molecule has 2 fully saturated rings. The monoisotopic (exact) mass is 244 g/mol. The molecule has 2 heterocycles. The average molecular weight is 244 g/mol. The molecular weight excluding hydrogens is 220 g/mol. The number of fused-ring (bicyclic) bond motifs is 2. The van der Waals surface area contributed by atoms with E-state index < -0.39 is 0 Å². The van der Waals surface area contributed by atoms with Crippen molar-refractivity contribution in [1.29, 1.82) is 0 Å². The summed E-state index contributed by atoms with van der Waals surface area (Å²) in [5.74, 6) is 0.616. The highest BCUT2D eigenvalue weighted by atomic mass is 15.2. The van der Waals surface area contributed by atoms with Gasteiger partial charge in [-0.1, -0.05) is 26.0 Å². The number of piperidine rings is 1. The molecule has 2 aliphatic heterocycles. The molecule has 0 spiro atoms. The standard InChI is InChI=1S/C16H24N2/c1-11(2)12-3-5-14(6-4-12)18-15-7-8-16(18)10-13(17)9-15/h3-6,11,13,15-16H,7-10,17H2,1-2H3. The Bertz CT molecular complexity index is 396. The van der Waals surface area contributed by atoms with E-state index in [9.17, 15) is 0 Å². The van der Waals surface area contributed by atoms with Crippen molar-refractivity contribution in [3.8, 4) is 0 Å². The quantitative estimate of drug-likeness (QED) is 0.865. The van der Waals surface area contributed by atoms with Crippen LogP contribution in [-0.2, 0) is 0 Å². The molecule has 0 radical (unpaired) electrons. The van der Waals surface area contributed by atoms with Crippen LogP contribution in [0, 0.1) is 0 Å². The molecule has 2 atom stereocenters. The lowest BCUT2D eigenvalue weighted by atomic mass is 9.96. The maximum Gasteiger partial charge on any atom is 0.0371 e. The van der Waals surface area contributed by atoms with E-state index in [-0.39, 0.29) is 0 Å². The highest BCUT2D eigenvalue weighted by Crippen LogP contribution is 2.39. The van der Waals surface area contributed by atoms with Crippen LogP contribution in [-0.4, -0.2) is 18.1 Å². The Morgan fingerprint density at radius 1 is 1.06 bits per heavy atom. The van der Waals surface area contributed by atoms with E-state index in [0.717, 1.165) is 0 Å². The Morgan fingerprint density at radius 2 is 1.61 bits per heavy atom. The summed E-state index contributed by atoms with van der Waals surface area (Å²) in [6, 6.07) is 11.0. The van der Waals surface area contributed by atoms with E-state index in [1.807, 2.05) is 0 Å². The maximum absolute atomic E-state index is 6.13. The molecule has 0 aromatic heterocycles. The van der Waals surface area contributed by atoms with Gasteiger partial charge >= 0.3 is 0 Å². The number of nitrogens with zero attached hydrogens (tertiary/aromatic N) is 1. The second-order valence-corrected chi connectivity index (χ2v) is 6.27. The molecule has 2 saturated heterocycles. The SMILES string of the molecule is CC(C)c1ccc(N2C3CCC2CC(N)C3)cc1. The Kier molecular flexibility index (Phi) is 3.06. The minimum Gasteiger partial charge on any atom is -0.365 e. The van der Waals surface area contributed by atoms with Crippen LogP contribution in [0.5, 0.6) is 0 Å². The minimum atomic E-state index is 0.425. The van der Waals surface area contributed by atoms with Gasteiger partial charge in [0.25, 0.3) is 0 Å². The van der Waals surface area contributed by atoms with Crippen LogP contribution >= 0.6 is 0 Å². The van der Waals surface area contributed by atoms with Gasteiger partial charge in [0.2, 0.25) is 0 Å². The smallest absolute Gasteiger partial charge is 0.0371 e. The molecule has 2 aliphatic rings. The zero-order valence-corrected chi connectivity index (χ0v) is 11.5. The minimum absolute atomic E-state index is 0.425. The predicted octanol–water partition coefficient (Wildman–Crippen LogP) is 3.27. The van der Waals surface area contributed by atoms with Gasteiger partial charge in [0.05, 0.1) is 0 Å². The van der Waals surface area contributed by atoms with Crippen molar-refractivity contribution in [2.24, 2.45) is 5.73 Å². The van der Waals surface area contributed by atoms with Crippen molar-refractivity contribution in [1.82, 2.24) is 0 Å². The van der Waals surface area contributed by atoms with Gasteiger partial charge in [-0.15, -0.1) is 0 Å². The van der Waals surface area contributed by atoms with Crippen molar-refractivity contribution >= 4 is 5.69 Å². The van der Waals surface area contributed by atoms with Gasteiger partial charge in [0.1, 0.15) is 0 Å². The lowest BCUT2D eigenvalue weighted by Gasteiger charge is -2.39. The fraction of sp³-hybridized carbons (Fsp3) is 0.625. The van der Waals surface area contributed by atoms with Crippen molar-refractivity contribution in [2.45, 2.75) is 63.6 Å². The molecule has 18 heavy (non-hydrogen) atoms. The van der Waals surface area contributed by atoms with Crippen molar-refractivity contribution in [3.05, 3.63) is 29.8 Å². The molecule has 2 N–H and O–H groups in total. The summed E-state index contributed by atoms with van der Waals surface area (Å²) in [5, 5.41) is 0. The van der Waals surface area contributed by atoms with Crippen LogP contribution in [0.3, 0.4) is 0 Å². The number of rotatable bonds is 2. The summed E-state index contributed by atoms with van der Waals surface area (Å²) in [7, 11) is 0. The van der Waals surface area contributed by atoms with Crippen molar-refractivity contribution in [2.75, 3.05) is 4.90 Å². The highest BCUT2D eigenvalue weighted by Gasteiger charge is 2.39. The third kappa shape index (κ3) is 2.03. The first-order chi connectivity index (χ1) is 8.65. The average Bonchev–Trinajstić information content (AvgIpc) is 2.62. The zero-order chi connectivity index (χ0) is 12.7. The van der Waals surface area contributed by atoms with Gasteiger partial charge in [-0.25, -0.2) is 0 Å². The van der Waals surface area contributed by atoms with Crippen LogP contribution in [0.1, 0.15) is 51.0 Å². The molecule has 98 valence electrons. The van der Waals surface area contributed by atoms with Crippen LogP contribution in [0.15, 0.2) is 24.3 Å². The number of benzene rings is 1. The molecule has 2 unspecified atom stereocenters. The van der Waals surface area contributed by atoms with E-state index in [0.29, 0.717) is 24.0 Å². The Hall–Kier alpha value is -1.02. The second-order valence-electron chi connectivity index (χ2n) is 6.27. The van der Waals surface area contributed by atoms with Crippen molar-refractivity contribution in [3.63, 3.8) is 0 Å². The summed E-state index contributed by atoms with van der Waals surface area (Å²) < 4.78 is 0. The van der Waals surface area contributed by atoms with E-state index >= 15 is 0 Å². The first kappa shape index (κ1) is 12.0. The van der Waals surface area contributed by atoms with E-state index in [2.05, 4.69) is 43.0 Å². The van der Waals surface area contributed by atoms with E-state index in [1.165, 1.54) is 36.9 Å². The summed E-state index contributed by atoms with van der Waals surface area (Å²) in [6.45, 7) is 4.50. The Labute approximate surface area is 110 Å². The van der Waals surface area contributed by atoms with Crippen LogP contribution in [0.2, 0.25) is 0 Å². The molecule has 0 aliphatic carbocycles. The normalized spacial score (nSPS) is 31.1.